The summed E-state index contributed by atoms with van der Waals surface area (Å²) in [7, 11) is 0. The average molecular weight is 366 g/mol. The van der Waals surface area contributed by atoms with Gasteiger partial charge in [-0.15, -0.1) is 0 Å². The van der Waals surface area contributed by atoms with E-state index in [0.717, 1.165) is 6.42 Å². The van der Waals surface area contributed by atoms with Crippen LogP contribution in [-0.4, -0.2) is 0 Å². The van der Waals surface area contributed by atoms with Gasteiger partial charge in [0.05, 0.1) is 0 Å². The molecule has 7 rings (SSSR count). The molecule has 0 aromatic heterocycles. The van der Waals surface area contributed by atoms with E-state index in [1.54, 1.807) is 0 Å². The summed E-state index contributed by atoms with van der Waals surface area (Å²) in [6.07, 6.45) is 1.02. The zero-order valence-corrected chi connectivity index (χ0v) is 15.9. The van der Waals surface area contributed by atoms with Gasteiger partial charge in [0.25, 0.3) is 0 Å². The average Bonchev–Trinajstić information content (AvgIpc) is 2.76. The van der Waals surface area contributed by atoms with E-state index in [0.29, 0.717) is 0 Å². The van der Waals surface area contributed by atoms with Crippen molar-refractivity contribution >= 4 is 43.1 Å². The summed E-state index contributed by atoms with van der Waals surface area (Å²) in [5.41, 5.74) is 5.64. The second kappa shape index (κ2) is 5.46. The van der Waals surface area contributed by atoms with Crippen molar-refractivity contribution in [1.29, 1.82) is 0 Å². The molecule has 6 aromatic carbocycles. The molecule has 0 bridgehead atoms. The monoisotopic (exact) mass is 366 g/mol. The van der Waals surface area contributed by atoms with Gasteiger partial charge >= 0.3 is 0 Å². The Balaban J connectivity index is 1.67. The van der Waals surface area contributed by atoms with Gasteiger partial charge in [-0.2, -0.15) is 0 Å². The van der Waals surface area contributed by atoms with Crippen molar-refractivity contribution in [1.82, 2.24) is 0 Å². The smallest absolute Gasteiger partial charge is 0.00132 e. The van der Waals surface area contributed by atoms with E-state index >= 15 is 0 Å². The molecule has 1 aliphatic rings. The van der Waals surface area contributed by atoms with Crippen LogP contribution in [0.4, 0.5) is 0 Å². The van der Waals surface area contributed by atoms with Crippen LogP contribution in [0.1, 0.15) is 11.1 Å². The fraction of sp³-hybridized carbons (Fsp3) is 0.0345. The molecule has 6 aromatic rings. The van der Waals surface area contributed by atoms with E-state index in [1.807, 2.05) is 0 Å². The molecule has 0 heterocycles. The summed E-state index contributed by atoms with van der Waals surface area (Å²) >= 11 is 0. The van der Waals surface area contributed by atoms with Crippen LogP contribution in [0.3, 0.4) is 0 Å². The highest BCUT2D eigenvalue weighted by molar-refractivity contribution is 6.19. The van der Waals surface area contributed by atoms with Crippen LogP contribution in [0.2, 0.25) is 0 Å². The Bertz CT molecular complexity index is 1620. The number of rotatable bonds is 0. The molecule has 0 spiro atoms. The third-order valence-electron chi connectivity index (χ3n) is 6.57. The predicted octanol–water partition coefficient (Wildman–Crippen LogP) is 7.87. The molecule has 134 valence electrons. The first-order valence-electron chi connectivity index (χ1n) is 10.2. The van der Waals surface area contributed by atoms with Crippen LogP contribution >= 0.6 is 0 Å². The quantitative estimate of drug-likeness (QED) is 0.189. The van der Waals surface area contributed by atoms with Gasteiger partial charge in [-0.05, 0) is 102 Å². The Kier molecular flexibility index (Phi) is 2.88. The second-order valence-electron chi connectivity index (χ2n) is 8.22. The van der Waals surface area contributed by atoms with Crippen LogP contribution < -0.4 is 0 Å². The SMILES string of the molecule is c1ccc2c(c1)Cc1cccc3c1c-2cc1cc2cc4ccccc4cc2cc13. The van der Waals surface area contributed by atoms with Crippen LogP contribution in [0.25, 0.3) is 54.2 Å². The second-order valence-corrected chi connectivity index (χ2v) is 8.22. The van der Waals surface area contributed by atoms with Crippen molar-refractivity contribution in [2.24, 2.45) is 0 Å². The highest BCUT2D eigenvalue weighted by atomic mass is 14.2. The molecule has 0 aliphatic heterocycles. The fourth-order valence-corrected chi connectivity index (χ4v) is 5.23. The van der Waals surface area contributed by atoms with Crippen LogP contribution in [-0.2, 0) is 6.42 Å². The Labute approximate surface area is 169 Å². The molecule has 0 saturated heterocycles. The van der Waals surface area contributed by atoms with Gasteiger partial charge in [0.1, 0.15) is 0 Å². The Morgan fingerprint density at radius 2 is 1.10 bits per heavy atom. The normalized spacial score (nSPS) is 12.7. The van der Waals surface area contributed by atoms with Gasteiger partial charge in [0, 0.05) is 0 Å². The van der Waals surface area contributed by atoms with E-state index < -0.39 is 0 Å². The lowest BCUT2D eigenvalue weighted by Gasteiger charge is -2.22. The lowest BCUT2D eigenvalue weighted by molar-refractivity contribution is 1.20. The zero-order valence-electron chi connectivity index (χ0n) is 15.9. The molecule has 0 radical (unpaired) electrons. The summed E-state index contributed by atoms with van der Waals surface area (Å²) in [6, 6.07) is 36.1. The van der Waals surface area contributed by atoms with Gasteiger partial charge in [-0.3, -0.25) is 0 Å². The van der Waals surface area contributed by atoms with E-state index in [1.165, 1.54) is 65.3 Å². The van der Waals surface area contributed by atoms with Crippen molar-refractivity contribution in [3.05, 3.63) is 108 Å². The molecule has 0 nitrogen and oxygen atoms in total. The molecule has 0 heteroatoms. The molecule has 0 N–H and O–H groups in total. The number of hydrogen-bond donors (Lipinski definition) is 0. The minimum Gasteiger partial charge on any atom is -0.0619 e. The Morgan fingerprint density at radius 3 is 1.97 bits per heavy atom. The van der Waals surface area contributed by atoms with Gasteiger partial charge in [-0.25, -0.2) is 0 Å². The lowest BCUT2D eigenvalue weighted by Crippen LogP contribution is -2.01. The molecule has 0 atom stereocenters. The lowest BCUT2D eigenvalue weighted by atomic mass is 9.81. The maximum atomic E-state index is 2.41. The van der Waals surface area contributed by atoms with E-state index in [2.05, 4.69) is 97.1 Å². The Morgan fingerprint density at radius 1 is 0.414 bits per heavy atom. The summed E-state index contributed by atoms with van der Waals surface area (Å²) < 4.78 is 0. The first kappa shape index (κ1) is 15.3. The van der Waals surface area contributed by atoms with Gasteiger partial charge < -0.3 is 0 Å². The molecule has 29 heavy (non-hydrogen) atoms. The molecule has 0 unspecified atom stereocenters. The van der Waals surface area contributed by atoms with Gasteiger partial charge in [0.2, 0.25) is 0 Å². The fourth-order valence-electron chi connectivity index (χ4n) is 5.23. The largest absolute Gasteiger partial charge is 0.0619 e. The van der Waals surface area contributed by atoms with Crippen LogP contribution in [0, 0.1) is 0 Å². The number of hydrogen-bond acceptors (Lipinski definition) is 0. The van der Waals surface area contributed by atoms with Crippen molar-refractivity contribution < 1.29 is 0 Å². The standard InChI is InChI=1S/C29H18/c1-2-7-19-13-23-16-27-24(15-22(23)12-18(19)6-1)17-28-25-10-4-3-8-20(25)14-21-9-5-11-26(27)29(21)28/h1-13,15-17H,14H2. The molecule has 1 aliphatic carbocycles. The third kappa shape index (κ3) is 2.09. The third-order valence-corrected chi connectivity index (χ3v) is 6.57. The predicted molar refractivity (Wildman–Crippen MR) is 125 cm³/mol. The summed E-state index contributed by atoms with van der Waals surface area (Å²) in [5, 5.41) is 10.7. The summed E-state index contributed by atoms with van der Waals surface area (Å²) in [6.45, 7) is 0. The summed E-state index contributed by atoms with van der Waals surface area (Å²) in [5.74, 6) is 0. The van der Waals surface area contributed by atoms with Crippen molar-refractivity contribution in [3.63, 3.8) is 0 Å². The highest BCUT2D eigenvalue weighted by Crippen LogP contribution is 2.43. The number of benzene rings is 6. The summed E-state index contributed by atoms with van der Waals surface area (Å²) in [4.78, 5) is 0. The first-order chi connectivity index (χ1) is 14.3. The van der Waals surface area contributed by atoms with Crippen LogP contribution in [0.5, 0.6) is 0 Å². The molecular formula is C29H18. The maximum absolute atomic E-state index is 2.41. The van der Waals surface area contributed by atoms with E-state index in [-0.39, 0.29) is 0 Å². The van der Waals surface area contributed by atoms with Crippen molar-refractivity contribution in [2.75, 3.05) is 0 Å². The van der Waals surface area contributed by atoms with E-state index in [9.17, 15) is 0 Å². The van der Waals surface area contributed by atoms with E-state index in [4.69, 9.17) is 0 Å². The number of fused-ring (bicyclic) bond motifs is 6. The van der Waals surface area contributed by atoms with Crippen molar-refractivity contribution in [3.8, 4) is 11.1 Å². The highest BCUT2D eigenvalue weighted by Gasteiger charge is 2.19. The maximum Gasteiger partial charge on any atom is -0.00132 e. The molecule has 0 fully saturated rings. The minimum absolute atomic E-state index is 1.02. The Hall–Kier alpha value is -3.64. The molecular weight excluding hydrogens is 348 g/mol. The van der Waals surface area contributed by atoms with Gasteiger partial charge in [-0.1, -0.05) is 66.7 Å². The topological polar surface area (TPSA) is 0 Å². The zero-order chi connectivity index (χ0) is 18.9. The van der Waals surface area contributed by atoms with Gasteiger partial charge in [0.15, 0.2) is 0 Å². The minimum atomic E-state index is 1.02. The first-order valence-corrected chi connectivity index (χ1v) is 10.2. The van der Waals surface area contributed by atoms with Crippen molar-refractivity contribution in [2.45, 2.75) is 6.42 Å². The molecule has 0 saturated carbocycles. The molecule has 0 amide bonds. The van der Waals surface area contributed by atoms with Crippen LogP contribution in [0.15, 0.2) is 97.1 Å².